The lowest BCUT2D eigenvalue weighted by molar-refractivity contribution is -0.0710. The topological polar surface area (TPSA) is 110 Å². The fraction of sp³-hybridized carbons (Fsp3) is 0.308. The van der Waals surface area contributed by atoms with E-state index in [4.69, 9.17) is 21.3 Å². The monoisotopic (exact) mass is 592 g/mol. The van der Waals surface area contributed by atoms with E-state index in [-0.39, 0.29) is 12.2 Å². The minimum Gasteiger partial charge on any atom is -0.373 e. The van der Waals surface area contributed by atoms with Gasteiger partial charge in [0.2, 0.25) is 0 Å². The van der Waals surface area contributed by atoms with E-state index in [1.54, 1.807) is 30.6 Å². The Labute approximate surface area is 233 Å². The van der Waals surface area contributed by atoms with Gasteiger partial charge in [0.1, 0.15) is 11.3 Å². The minimum absolute atomic E-state index is 0.0351. The van der Waals surface area contributed by atoms with Gasteiger partial charge in [0.05, 0.1) is 39.9 Å². The smallest absolute Gasteiger partial charge is 0.373 e. The van der Waals surface area contributed by atoms with E-state index in [1.165, 1.54) is 12.1 Å². The number of hydrogen-bond acceptors (Lipinski definition) is 9. The standard InChI is InChI=1S/C26H24ClF3N6O3S/c1-15-12-36(13-16(2)39-15)14-22-34-21-10-17(23-20(27)4-3-9-31-23)11-32-24(21)25(35-22)33-18-5-7-19(8-6-18)40(37,38)26(28,29)30/h3-11,15-16H,12-14H2,1-2H3,(H,33,34,35)/t15-,16+. The summed E-state index contributed by atoms with van der Waals surface area (Å²) in [6.45, 7) is 5.77. The molecule has 1 saturated heterocycles. The van der Waals surface area contributed by atoms with Crippen molar-refractivity contribution >= 4 is 44.0 Å². The van der Waals surface area contributed by atoms with Crippen molar-refractivity contribution in [1.82, 2.24) is 24.8 Å². The summed E-state index contributed by atoms with van der Waals surface area (Å²) < 4.78 is 68.2. The van der Waals surface area contributed by atoms with Gasteiger partial charge >= 0.3 is 5.51 Å². The summed E-state index contributed by atoms with van der Waals surface area (Å²) in [6.07, 6.45) is 3.27. The molecule has 4 heterocycles. The minimum atomic E-state index is -5.47. The van der Waals surface area contributed by atoms with Gasteiger partial charge in [0.15, 0.2) is 5.82 Å². The summed E-state index contributed by atoms with van der Waals surface area (Å²) >= 11 is 6.34. The van der Waals surface area contributed by atoms with E-state index >= 15 is 0 Å². The van der Waals surface area contributed by atoms with Crippen molar-refractivity contribution in [1.29, 1.82) is 0 Å². The maximum Gasteiger partial charge on any atom is 0.501 e. The van der Waals surface area contributed by atoms with Crippen LogP contribution in [0, 0.1) is 0 Å². The lowest BCUT2D eigenvalue weighted by atomic mass is 10.1. The van der Waals surface area contributed by atoms with E-state index in [0.29, 0.717) is 64.3 Å². The molecule has 0 spiro atoms. The maximum absolute atomic E-state index is 13.0. The molecule has 0 bridgehead atoms. The van der Waals surface area contributed by atoms with Crippen LogP contribution in [-0.4, -0.2) is 64.1 Å². The average molecular weight is 593 g/mol. The molecule has 4 aromatic rings. The molecule has 5 rings (SSSR count). The zero-order chi connectivity index (χ0) is 28.7. The molecule has 1 aliphatic heterocycles. The van der Waals surface area contributed by atoms with Crippen LogP contribution in [0.1, 0.15) is 19.7 Å². The van der Waals surface area contributed by atoms with Crippen LogP contribution in [0.5, 0.6) is 0 Å². The summed E-state index contributed by atoms with van der Waals surface area (Å²) in [7, 11) is -5.47. The molecular formula is C26H24ClF3N6O3S. The number of pyridine rings is 2. The second-order valence-electron chi connectivity index (χ2n) is 9.46. The number of nitrogens with zero attached hydrogens (tertiary/aromatic N) is 5. The number of nitrogens with one attached hydrogen (secondary N) is 1. The number of benzene rings is 1. The number of sulfone groups is 1. The van der Waals surface area contributed by atoms with Gasteiger partial charge in [-0.1, -0.05) is 11.6 Å². The van der Waals surface area contributed by atoms with Gasteiger partial charge in [0, 0.05) is 36.7 Å². The van der Waals surface area contributed by atoms with Crippen LogP contribution in [0.2, 0.25) is 5.02 Å². The molecule has 210 valence electrons. The Balaban J connectivity index is 1.53. The second-order valence-corrected chi connectivity index (χ2v) is 11.8. The Morgan fingerprint density at radius 1 is 1.07 bits per heavy atom. The molecule has 3 aromatic heterocycles. The molecule has 0 saturated carbocycles. The number of anilines is 2. The van der Waals surface area contributed by atoms with E-state index < -0.39 is 20.2 Å². The highest BCUT2D eigenvalue weighted by molar-refractivity contribution is 7.92. The lowest BCUT2D eigenvalue weighted by Crippen LogP contribution is -2.45. The number of alkyl halides is 3. The van der Waals surface area contributed by atoms with E-state index in [1.807, 2.05) is 13.8 Å². The second kappa shape index (κ2) is 10.9. The summed E-state index contributed by atoms with van der Waals surface area (Å²) in [4.78, 5) is 19.6. The average Bonchev–Trinajstić information content (AvgIpc) is 2.88. The van der Waals surface area contributed by atoms with Gasteiger partial charge in [-0.15, -0.1) is 0 Å². The van der Waals surface area contributed by atoms with E-state index in [9.17, 15) is 21.6 Å². The molecule has 0 aliphatic carbocycles. The molecule has 1 fully saturated rings. The third-order valence-corrected chi connectivity index (χ3v) is 8.01. The lowest BCUT2D eigenvalue weighted by Gasteiger charge is -2.34. The van der Waals surface area contributed by atoms with E-state index in [0.717, 1.165) is 12.1 Å². The van der Waals surface area contributed by atoms with Gasteiger partial charge < -0.3 is 10.1 Å². The summed E-state index contributed by atoms with van der Waals surface area (Å²) in [6, 6.07) is 9.48. The van der Waals surface area contributed by atoms with Crippen LogP contribution >= 0.6 is 11.6 Å². The van der Waals surface area contributed by atoms with Gasteiger partial charge in [-0.2, -0.15) is 13.2 Å². The highest BCUT2D eigenvalue weighted by Gasteiger charge is 2.46. The first-order valence-corrected chi connectivity index (χ1v) is 14.1. The van der Waals surface area contributed by atoms with Crippen LogP contribution in [0.4, 0.5) is 24.7 Å². The van der Waals surface area contributed by atoms with Crippen LogP contribution < -0.4 is 5.32 Å². The number of ether oxygens (including phenoxy) is 1. The van der Waals surface area contributed by atoms with Gasteiger partial charge in [-0.05, 0) is 56.3 Å². The Morgan fingerprint density at radius 2 is 1.77 bits per heavy atom. The van der Waals surface area contributed by atoms with Gasteiger partial charge in [0.25, 0.3) is 9.84 Å². The molecule has 1 aromatic carbocycles. The van der Waals surface area contributed by atoms with Gasteiger partial charge in [-0.3, -0.25) is 9.88 Å². The quantitative estimate of drug-likeness (QED) is 0.315. The molecule has 9 nitrogen and oxygen atoms in total. The summed E-state index contributed by atoms with van der Waals surface area (Å²) in [5.41, 5.74) is -3.01. The third kappa shape index (κ3) is 5.87. The Hall–Kier alpha value is -3.39. The first-order valence-electron chi connectivity index (χ1n) is 12.2. The fourth-order valence-electron chi connectivity index (χ4n) is 4.55. The maximum atomic E-state index is 13.0. The van der Waals surface area contributed by atoms with Crippen molar-refractivity contribution in [2.24, 2.45) is 0 Å². The van der Waals surface area contributed by atoms with Crippen molar-refractivity contribution in [2.45, 2.75) is 43.0 Å². The summed E-state index contributed by atoms with van der Waals surface area (Å²) in [5.74, 6) is 0.790. The number of hydrogen-bond donors (Lipinski definition) is 1. The number of halogens is 4. The molecule has 1 N–H and O–H groups in total. The number of aromatic nitrogens is 4. The number of rotatable bonds is 6. The molecule has 40 heavy (non-hydrogen) atoms. The van der Waals surface area contributed by atoms with Crippen LogP contribution in [-0.2, 0) is 21.1 Å². The third-order valence-electron chi connectivity index (χ3n) is 6.21. The van der Waals surface area contributed by atoms with Crippen molar-refractivity contribution in [3.8, 4) is 11.3 Å². The normalized spacial score (nSPS) is 18.6. The number of morpholine rings is 1. The largest absolute Gasteiger partial charge is 0.501 e. The van der Waals surface area contributed by atoms with Crippen LogP contribution in [0.15, 0.2) is 59.8 Å². The Bertz CT molecular complexity index is 1640. The Morgan fingerprint density at radius 3 is 2.42 bits per heavy atom. The predicted octanol–water partition coefficient (Wildman–Crippen LogP) is 5.39. The van der Waals surface area contributed by atoms with Crippen molar-refractivity contribution in [3.05, 3.63) is 65.7 Å². The molecule has 1 aliphatic rings. The first kappa shape index (κ1) is 28.1. The number of fused-ring (bicyclic) bond motifs is 1. The molecule has 0 amide bonds. The van der Waals surface area contributed by atoms with Crippen molar-refractivity contribution in [2.75, 3.05) is 18.4 Å². The highest BCUT2D eigenvalue weighted by Crippen LogP contribution is 2.32. The fourth-order valence-corrected chi connectivity index (χ4v) is 5.55. The zero-order valence-electron chi connectivity index (χ0n) is 21.4. The predicted molar refractivity (Wildman–Crippen MR) is 144 cm³/mol. The summed E-state index contributed by atoms with van der Waals surface area (Å²) in [5, 5.41) is 3.50. The van der Waals surface area contributed by atoms with Gasteiger partial charge in [-0.25, -0.2) is 23.4 Å². The van der Waals surface area contributed by atoms with Crippen LogP contribution in [0.25, 0.3) is 22.3 Å². The van der Waals surface area contributed by atoms with E-state index in [2.05, 4.69) is 25.2 Å². The molecule has 0 unspecified atom stereocenters. The van der Waals surface area contributed by atoms with Crippen molar-refractivity contribution in [3.63, 3.8) is 0 Å². The SMILES string of the molecule is C[C@@H]1CN(Cc2nc(Nc3ccc(S(=O)(=O)C(F)(F)F)cc3)c3ncc(-c4ncccc4Cl)cc3n2)C[C@H](C)O1. The molecule has 2 atom stereocenters. The molecule has 14 heteroatoms. The highest BCUT2D eigenvalue weighted by atomic mass is 35.5. The molecular weight excluding hydrogens is 569 g/mol. The zero-order valence-corrected chi connectivity index (χ0v) is 22.9. The van der Waals surface area contributed by atoms with Crippen LogP contribution in [0.3, 0.4) is 0 Å². The first-order chi connectivity index (χ1) is 18.9. The molecule has 0 radical (unpaired) electrons. The Kier molecular flexibility index (Phi) is 7.66. The van der Waals surface area contributed by atoms with Crippen molar-refractivity contribution < 1.29 is 26.3 Å².